The van der Waals surface area contributed by atoms with Crippen molar-refractivity contribution in [3.8, 4) is 0 Å². The van der Waals surface area contributed by atoms with Crippen molar-refractivity contribution < 1.29 is 19.1 Å². The molecule has 20 heavy (non-hydrogen) atoms. The Labute approximate surface area is 119 Å². The van der Waals surface area contributed by atoms with Crippen LogP contribution in [0.3, 0.4) is 0 Å². The first-order chi connectivity index (χ1) is 9.50. The van der Waals surface area contributed by atoms with Crippen LogP contribution in [0.1, 0.15) is 45.4 Å². The largest absolute Gasteiger partial charge is 0.468 e. The first-order valence-electron chi connectivity index (χ1n) is 7.36. The molecule has 3 rings (SSSR count). The molecule has 0 amide bonds. The average molecular weight is 278 g/mol. The molecular weight excluding hydrogens is 256 g/mol. The van der Waals surface area contributed by atoms with Gasteiger partial charge < -0.3 is 9.47 Å². The molecule has 0 spiro atoms. The van der Waals surface area contributed by atoms with Gasteiger partial charge in [0.05, 0.1) is 14.2 Å². The molecule has 110 valence electrons. The third kappa shape index (κ3) is 1.60. The van der Waals surface area contributed by atoms with Crippen molar-refractivity contribution in [2.45, 2.75) is 45.4 Å². The van der Waals surface area contributed by atoms with Gasteiger partial charge in [0, 0.05) is 0 Å². The van der Waals surface area contributed by atoms with Gasteiger partial charge >= 0.3 is 11.9 Å². The van der Waals surface area contributed by atoms with E-state index in [1.54, 1.807) is 0 Å². The second kappa shape index (κ2) is 4.34. The van der Waals surface area contributed by atoms with E-state index in [0.29, 0.717) is 18.3 Å². The standard InChI is InChI=1S/C16H22O4/c1-10-7-16(13(17)19-2,14(18)20-3)9-12(10)15-6-4-5-11(15)8-15/h11H,4-9H2,1-3H3. The molecule has 0 aliphatic heterocycles. The lowest BCUT2D eigenvalue weighted by atomic mass is 9.81. The normalized spacial score (nSPS) is 33.9. The monoisotopic (exact) mass is 278 g/mol. The van der Waals surface area contributed by atoms with Crippen LogP contribution in [-0.4, -0.2) is 26.2 Å². The summed E-state index contributed by atoms with van der Waals surface area (Å²) in [5, 5.41) is 0. The Hall–Kier alpha value is -1.32. The molecule has 0 bridgehead atoms. The zero-order valence-electron chi connectivity index (χ0n) is 12.5. The molecule has 4 nitrogen and oxygen atoms in total. The molecule has 0 aromatic heterocycles. The predicted molar refractivity (Wildman–Crippen MR) is 72.8 cm³/mol. The van der Waals surface area contributed by atoms with Crippen LogP contribution < -0.4 is 0 Å². The van der Waals surface area contributed by atoms with Gasteiger partial charge in [-0.15, -0.1) is 0 Å². The van der Waals surface area contributed by atoms with E-state index in [9.17, 15) is 9.59 Å². The van der Waals surface area contributed by atoms with E-state index in [1.165, 1.54) is 51.0 Å². The van der Waals surface area contributed by atoms with Crippen molar-refractivity contribution >= 4 is 11.9 Å². The van der Waals surface area contributed by atoms with E-state index in [0.717, 1.165) is 5.92 Å². The third-order valence-corrected chi connectivity index (χ3v) is 5.72. The Morgan fingerprint density at radius 3 is 2.25 bits per heavy atom. The predicted octanol–water partition coefficient (Wildman–Crippen LogP) is 2.62. The first kappa shape index (κ1) is 13.7. The summed E-state index contributed by atoms with van der Waals surface area (Å²) < 4.78 is 9.80. The van der Waals surface area contributed by atoms with Crippen molar-refractivity contribution in [2.75, 3.05) is 14.2 Å². The lowest BCUT2D eigenvalue weighted by Gasteiger charge is -2.24. The van der Waals surface area contributed by atoms with Gasteiger partial charge in [-0.25, -0.2) is 0 Å². The van der Waals surface area contributed by atoms with Crippen LogP contribution >= 0.6 is 0 Å². The lowest BCUT2D eigenvalue weighted by molar-refractivity contribution is -0.168. The smallest absolute Gasteiger partial charge is 0.323 e. The van der Waals surface area contributed by atoms with Crippen LogP contribution in [-0.2, 0) is 19.1 Å². The second-order valence-corrected chi connectivity index (χ2v) is 6.63. The maximum absolute atomic E-state index is 12.2. The van der Waals surface area contributed by atoms with Gasteiger partial charge in [0.15, 0.2) is 5.41 Å². The molecule has 2 saturated carbocycles. The zero-order chi connectivity index (χ0) is 14.5. The summed E-state index contributed by atoms with van der Waals surface area (Å²) in [6.45, 7) is 2.06. The summed E-state index contributed by atoms with van der Waals surface area (Å²) in [5.74, 6) is -0.130. The Bertz CT molecular complexity index is 489. The van der Waals surface area contributed by atoms with Crippen LogP contribution in [0.2, 0.25) is 0 Å². The van der Waals surface area contributed by atoms with E-state index in [-0.39, 0.29) is 0 Å². The minimum absolute atomic E-state index is 0.299. The summed E-state index contributed by atoms with van der Waals surface area (Å²) in [6.07, 6.45) is 5.96. The Kier molecular flexibility index (Phi) is 2.96. The Balaban J connectivity index is 1.92. The number of methoxy groups -OCH3 is 2. The molecule has 0 aromatic rings. The van der Waals surface area contributed by atoms with Gasteiger partial charge in [0.1, 0.15) is 0 Å². The summed E-state index contributed by atoms with van der Waals surface area (Å²) >= 11 is 0. The minimum atomic E-state index is -1.13. The van der Waals surface area contributed by atoms with Crippen LogP contribution in [0.5, 0.6) is 0 Å². The van der Waals surface area contributed by atoms with E-state index in [4.69, 9.17) is 9.47 Å². The molecule has 3 aliphatic rings. The number of fused-ring (bicyclic) bond motifs is 1. The van der Waals surface area contributed by atoms with Crippen LogP contribution in [0.25, 0.3) is 0 Å². The maximum atomic E-state index is 12.2. The summed E-state index contributed by atoms with van der Waals surface area (Å²) in [6, 6.07) is 0. The van der Waals surface area contributed by atoms with Crippen molar-refractivity contribution in [1.82, 2.24) is 0 Å². The van der Waals surface area contributed by atoms with E-state index in [2.05, 4.69) is 6.92 Å². The molecule has 0 heterocycles. The first-order valence-corrected chi connectivity index (χ1v) is 7.36. The van der Waals surface area contributed by atoms with Gasteiger partial charge in [-0.1, -0.05) is 17.6 Å². The van der Waals surface area contributed by atoms with Gasteiger partial charge in [-0.3, -0.25) is 9.59 Å². The van der Waals surface area contributed by atoms with E-state index in [1.807, 2.05) is 0 Å². The SMILES string of the molecule is COC(=O)C1(C(=O)OC)CC(C)=C(C23CCCC2C3)C1. The number of carbonyl (C=O) groups excluding carboxylic acids is 2. The van der Waals surface area contributed by atoms with Gasteiger partial charge in [0.25, 0.3) is 0 Å². The second-order valence-electron chi connectivity index (χ2n) is 6.63. The molecule has 4 heteroatoms. The van der Waals surface area contributed by atoms with Crippen molar-refractivity contribution in [2.24, 2.45) is 16.7 Å². The minimum Gasteiger partial charge on any atom is -0.468 e. The highest BCUT2D eigenvalue weighted by atomic mass is 16.5. The fourth-order valence-corrected chi connectivity index (χ4v) is 4.69. The van der Waals surface area contributed by atoms with Crippen molar-refractivity contribution in [3.05, 3.63) is 11.1 Å². The third-order valence-electron chi connectivity index (χ3n) is 5.72. The highest BCUT2D eigenvalue weighted by Crippen LogP contribution is 2.71. The van der Waals surface area contributed by atoms with Crippen LogP contribution in [0.15, 0.2) is 11.1 Å². The molecule has 0 aromatic carbocycles. The Morgan fingerprint density at radius 1 is 1.15 bits per heavy atom. The molecule has 2 unspecified atom stereocenters. The molecule has 3 aliphatic carbocycles. The van der Waals surface area contributed by atoms with E-state index >= 15 is 0 Å². The lowest BCUT2D eigenvalue weighted by Crippen LogP contribution is -2.39. The molecule has 2 fully saturated rings. The number of allylic oxidation sites excluding steroid dienone is 2. The quantitative estimate of drug-likeness (QED) is 0.452. The molecule has 0 radical (unpaired) electrons. The number of rotatable bonds is 3. The van der Waals surface area contributed by atoms with Gasteiger partial charge in [-0.05, 0) is 50.4 Å². The summed E-state index contributed by atoms with van der Waals surface area (Å²) in [5.41, 5.74) is 1.71. The Morgan fingerprint density at radius 2 is 1.80 bits per heavy atom. The fourth-order valence-electron chi connectivity index (χ4n) is 4.69. The fraction of sp³-hybridized carbons (Fsp3) is 0.750. The van der Waals surface area contributed by atoms with E-state index < -0.39 is 17.4 Å². The number of hydrogen-bond donors (Lipinski definition) is 0. The highest BCUT2D eigenvalue weighted by molar-refractivity contribution is 6.01. The molecule has 0 N–H and O–H groups in total. The molecule has 2 atom stereocenters. The molecular formula is C16H22O4. The summed E-state index contributed by atoms with van der Waals surface area (Å²) in [7, 11) is 2.68. The molecule has 0 saturated heterocycles. The number of carbonyl (C=O) groups is 2. The van der Waals surface area contributed by atoms with Crippen molar-refractivity contribution in [1.29, 1.82) is 0 Å². The van der Waals surface area contributed by atoms with Crippen molar-refractivity contribution in [3.63, 3.8) is 0 Å². The van der Waals surface area contributed by atoms with Crippen LogP contribution in [0.4, 0.5) is 0 Å². The average Bonchev–Trinajstić information content (AvgIpc) is 2.83. The highest BCUT2D eigenvalue weighted by Gasteiger charge is 2.64. The summed E-state index contributed by atoms with van der Waals surface area (Å²) in [4.78, 5) is 24.4. The number of esters is 2. The van der Waals surface area contributed by atoms with Crippen LogP contribution in [0, 0.1) is 16.7 Å². The maximum Gasteiger partial charge on any atom is 0.323 e. The van der Waals surface area contributed by atoms with Gasteiger partial charge in [-0.2, -0.15) is 0 Å². The zero-order valence-corrected chi connectivity index (χ0v) is 12.5. The number of hydrogen-bond acceptors (Lipinski definition) is 4. The topological polar surface area (TPSA) is 52.6 Å². The number of ether oxygens (including phenoxy) is 2. The van der Waals surface area contributed by atoms with Gasteiger partial charge in [0.2, 0.25) is 0 Å².